The van der Waals surface area contributed by atoms with Gasteiger partial charge in [-0.05, 0) is 49.7 Å². The van der Waals surface area contributed by atoms with E-state index in [0.29, 0.717) is 43.1 Å². The molecule has 1 aromatic carbocycles. The van der Waals surface area contributed by atoms with Crippen molar-refractivity contribution in [3.05, 3.63) is 53.6 Å². The first kappa shape index (κ1) is 20.5. The summed E-state index contributed by atoms with van der Waals surface area (Å²) in [6.07, 6.45) is 0.620. The fourth-order valence-electron chi connectivity index (χ4n) is 3.27. The Hall–Kier alpha value is -3.20. The molecule has 0 bridgehead atoms. The number of pyridine rings is 1. The molecule has 0 spiro atoms. The Morgan fingerprint density at radius 2 is 1.79 bits per heavy atom. The molecule has 2 heterocycles. The number of aryl methyl sites for hydroxylation is 1. The predicted octanol–water partition coefficient (Wildman–Crippen LogP) is 3.53. The second-order valence-electron chi connectivity index (χ2n) is 7.02. The molecule has 3 amide bonds. The molecule has 1 saturated heterocycles. The van der Waals surface area contributed by atoms with Gasteiger partial charge in [-0.3, -0.25) is 9.88 Å². The van der Waals surface area contributed by atoms with Crippen LogP contribution in [0.4, 0.5) is 25.4 Å². The highest BCUT2D eigenvalue weighted by atomic mass is 19.1. The van der Waals surface area contributed by atoms with Crippen molar-refractivity contribution in [1.29, 1.82) is 0 Å². The number of carbonyl (C=O) groups is 2. The Morgan fingerprint density at radius 1 is 1.10 bits per heavy atom. The number of piperazine rings is 1. The summed E-state index contributed by atoms with van der Waals surface area (Å²) in [6, 6.07) is 7.32. The van der Waals surface area contributed by atoms with E-state index in [2.05, 4.69) is 20.5 Å². The number of benzene rings is 1. The lowest BCUT2D eigenvalue weighted by atomic mass is 10.0. The number of aromatic nitrogens is 1. The van der Waals surface area contributed by atoms with Crippen LogP contribution in [0, 0.1) is 12.7 Å². The van der Waals surface area contributed by atoms with E-state index in [1.807, 2.05) is 13.8 Å². The van der Waals surface area contributed by atoms with Crippen LogP contribution >= 0.6 is 0 Å². The fourth-order valence-corrected chi connectivity index (χ4v) is 3.27. The van der Waals surface area contributed by atoms with E-state index in [0.717, 1.165) is 5.69 Å². The average molecular weight is 401 g/mol. The van der Waals surface area contributed by atoms with Crippen LogP contribution in [0.1, 0.15) is 24.2 Å². The first-order chi connectivity index (χ1) is 13.8. The molecule has 0 aliphatic carbocycles. The summed E-state index contributed by atoms with van der Waals surface area (Å²) in [5.41, 5.74) is 2.42. The summed E-state index contributed by atoms with van der Waals surface area (Å²) in [5, 5.41) is 14.4. The van der Waals surface area contributed by atoms with Gasteiger partial charge in [-0.15, -0.1) is 0 Å². The van der Waals surface area contributed by atoms with Gasteiger partial charge in [0.05, 0.1) is 11.9 Å². The van der Waals surface area contributed by atoms with E-state index in [4.69, 9.17) is 5.11 Å². The summed E-state index contributed by atoms with van der Waals surface area (Å²) in [5.74, 6) is -0.453. The Labute approximate surface area is 168 Å². The quantitative estimate of drug-likeness (QED) is 0.728. The van der Waals surface area contributed by atoms with E-state index >= 15 is 0 Å². The van der Waals surface area contributed by atoms with Crippen molar-refractivity contribution in [1.82, 2.24) is 14.8 Å². The van der Waals surface area contributed by atoms with Crippen molar-refractivity contribution in [2.75, 3.05) is 36.8 Å². The minimum atomic E-state index is -0.927. The van der Waals surface area contributed by atoms with Crippen molar-refractivity contribution < 1.29 is 19.1 Å². The van der Waals surface area contributed by atoms with Crippen LogP contribution in [-0.2, 0) is 0 Å². The standard InChI is InChI=1S/C20H24FN5O3/c1-13-3-4-17(12-22-13)23-19(27)24-18-10-15(9-16(21)11-18)14(2)25-5-7-26(8-6-25)20(28)29/h3-4,9-12,14H,5-8H2,1-2H3,(H,28,29)(H2,23,24,27). The van der Waals surface area contributed by atoms with Crippen LogP contribution in [0.25, 0.3) is 0 Å². The van der Waals surface area contributed by atoms with Gasteiger partial charge in [0.1, 0.15) is 5.82 Å². The van der Waals surface area contributed by atoms with Crippen molar-refractivity contribution in [2.45, 2.75) is 19.9 Å². The van der Waals surface area contributed by atoms with Crippen LogP contribution in [0.15, 0.2) is 36.5 Å². The molecule has 29 heavy (non-hydrogen) atoms. The third-order valence-corrected chi connectivity index (χ3v) is 4.96. The second-order valence-corrected chi connectivity index (χ2v) is 7.02. The lowest BCUT2D eigenvalue weighted by molar-refractivity contribution is 0.0888. The van der Waals surface area contributed by atoms with Crippen molar-refractivity contribution in [3.8, 4) is 0 Å². The molecule has 1 aliphatic heterocycles. The molecule has 1 fully saturated rings. The number of carboxylic acid groups (broad SMARTS) is 1. The first-order valence-corrected chi connectivity index (χ1v) is 9.35. The van der Waals surface area contributed by atoms with Gasteiger partial charge in [0.25, 0.3) is 0 Å². The van der Waals surface area contributed by atoms with Crippen LogP contribution in [0.3, 0.4) is 0 Å². The monoisotopic (exact) mass is 401 g/mol. The zero-order valence-corrected chi connectivity index (χ0v) is 16.4. The molecule has 1 aliphatic rings. The lowest BCUT2D eigenvalue weighted by Crippen LogP contribution is -2.48. The highest BCUT2D eigenvalue weighted by molar-refractivity contribution is 5.99. The van der Waals surface area contributed by atoms with Gasteiger partial charge in [0.15, 0.2) is 0 Å². The Kier molecular flexibility index (Phi) is 6.28. The highest BCUT2D eigenvalue weighted by Crippen LogP contribution is 2.25. The van der Waals surface area contributed by atoms with Crippen molar-refractivity contribution >= 4 is 23.5 Å². The molecule has 1 atom stereocenters. The molecule has 3 rings (SSSR count). The van der Waals surface area contributed by atoms with E-state index in [9.17, 15) is 14.0 Å². The van der Waals surface area contributed by atoms with Gasteiger partial charge in [-0.2, -0.15) is 0 Å². The number of hydrogen-bond acceptors (Lipinski definition) is 4. The minimum absolute atomic E-state index is 0.119. The Bertz CT molecular complexity index is 882. The first-order valence-electron chi connectivity index (χ1n) is 9.35. The summed E-state index contributed by atoms with van der Waals surface area (Å²) < 4.78 is 14.2. The van der Waals surface area contributed by atoms with Crippen molar-refractivity contribution in [2.24, 2.45) is 0 Å². The summed E-state index contributed by atoms with van der Waals surface area (Å²) in [7, 11) is 0. The van der Waals surface area contributed by atoms with Gasteiger partial charge >= 0.3 is 12.1 Å². The topological polar surface area (TPSA) is 97.8 Å². The summed E-state index contributed by atoms with van der Waals surface area (Å²) in [4.78, 5) is 30.8. The molecule has 9 heteroatoms. The number of anilines is 2. The molecule has 8 nitrogen and oxygen atoms in total. The van der Waals surface area contributed by atoms with Gasteiger partial charge in [0.2, 0.25) is 0 Å². The molecule has 3 N–H and O–H groups in total. The Balaban J connectivity index is 1.65. The third kappa shape index (κ3) is 5.41. The number of urea groups is 1. The maximum Gasteiger partial charge on any atom is 0.407 e. The molecule has 1 unspecified atom stereocenters. The lowest BCUT2D eigenvalue weighted by Gasteiger charge is -2.37. The summed E-state index contributed by atoms with van der Waals surface area (Å²) >= 11 is 0. The molecule has 0 saturated carbocycles. The highest BCUT2D eigenvalue weighted by Gasteiger charge is 2.25. The van der Waals surface area contributed by atoms with Crippen molar-refractivity contribution in [3.63, 3.8) is 0 Å². The van der Waals surface area contributed by atoms with Crippen LogP contribution in [-0.4, -0.2) is 58.2 Å². The third-order valence-electron chi connectivity index (χ3n) is 4.96. The predicted molar refractivity (Wildman–Crippen MR) is 108 cm³/mol. The van der Waals surface area contributed by atoms with Crippen LogP contribution in [0.2, 0.25) is 0 Å². The minimum Gasteiger partial charge on any atom is -0.465 e. The maximum atomic E-state index is 14.2. The Morgan fingerprint density at radius 3 is 2.41 bits per heavy atom. The van der Waals surface area contributed by atoms with Gasteiger partial charge in [0, 0.05) is 43.6 Å². The van der Waals surface area contributed by atoms with E-state index in [-0.39, 0.29) is 6.04 Å². The summed E-state index contributed by atoms with van der Waals surface area (Å²) in [6.45, 7) is 5.73. The zero-order chi connectivity index (χ0) is 21.0. The van der Waals surface area contributed by atoms with E-state index in [1.165, 1.54) is 17.0 Å². The molecule has 0 radical (unpaired) electrons. The fraction of sp³-hybridized carbons (Fsp3) is 0.350. The molecule has 1 aromatic heterocycles. The number of nitrogens with zero attached hydrogens (tertiary/aromatic N) is 3. The number of amides is 3. The number of hydrogen-bond donors (Lipinski definition) is 3. The van der Waals surface area contributed by atoms with Crippen LogP contribution in [0.5, 0.6) is 0 Å². The van der Waals surface area contributed by atoms with Gasteiger partial charge < -0.3 is 20.6 Å². The number of halogens is 1. The van der Waals surface area contributed by atoms with Gasteiger partial charge in [-0.1, -0.05) is 0 Å². The maximum absolute atomic E-state index is 14.2. The van der Waals surface area contributed by atoms with E-state index in [1.54, 1.807) is 24.4 Å². The number of rotatable bonds is 4. The van der Waals surface area contributed by atoms with Gasteiger partial charge in [-0.25, -0.2) is 14.0 Å². The SMILES string of the molecule is Cc1ccc(NC(=O)Nc2cc(F)cc(C(C)N3CCN(C(=O)O)CC3)c2)cn1. The normalized spacial score (nSPS) is 15.6. The number of nitrogens with one attached hydrogen (secondary N) is 2. The largest absolute Gasteiger partial charge is 0.465 e. The van der Waals surface area contributed by atoms with Crippen LogP contribution < -0.4 is 10.6 Å². The molecule has 2 aromatic rings. The average Bonchev–Trinajstić information content (AvgIpc) is 2.68. The van der Waals surface area contributed by atoms with E-state index < -0.39 is 17.9 Å². The molecule has 154 valence electrons. The second kappa shape index (κ2) is 8.87. The smallest absolute Gasteiger partial charge is 0.407 e. The molecular formula is C20H24FN5O3. The molecular weight excluding hydrogens is 377 g/mol. The zero-order valence-electron chi connectivity index (χ0n) is 16.4. The number of carbonyl (C=O) groups excluding carboxylic acids is 1.